The second-order valence-corrected chi connectivity index (χ2v) is 8.44. The molecule has 4 aromatic heterocycles. The Labute approximate surface area is 183 Å². The number of aromatic nitrogens is 5. The number of para-hydroxylation sites is 2. The van der Waals surface area contributed by atoms with Crippen LogP contribution in [0.2, 0.25) is 0 Å². The highest BCUT2D eigenvalue weighted by molar-refractivity contribution is 7.13. The summed E-state index contributed by atoms with van der Waals surface area (Å²) >= 11 is 1.60. The number of imidazole rings is 1. The van der Waals surface area contributed by atoms with Gasteiger partial charge in [-0.25, -0.2) is 9.97 Å². The zero-order valence-electron chi connectivity index (χ0n) is 17.6. The second-order valence-electron chi connectivity index (χ2n) is 7.50. The number of hydrogen-bond acceptors (Lipinski definition) is 5. The highest BCUT2D eigenvalue weighted by Crippen LogP contribution is 2.29. The maximum Gasteiger partial charge on any atom is 0.252 e. The largest absolute Gasteiger partial charge is 0.350 e. The van der Waals surface area contributed by atoms with Gasteiger partial charge in [-0.2, -0.15) is 5.10 Å². The number of amides is 1. The van der Waals surface area contributed by atoms with Gasteiger partial charge in [0.05, 0.1) is 38.2 Å². The number of nitrogens with one attached hydrogen (secondary N) is 1. The average molecular weight is 431 g/mol. The third-order valence-electron chi connectivity index (χ3n) is 5.45. The van der Waals surface area contributed by atoms with Crippen molar-refractivity contribution < 1.29 is 4.79 Å². The van der Waals surface area contributed by atoms with Crippen molar-refractivity contribution in [2.24, 2.45) is 7.05 Å². The van der Waals surface area contributed by atoms with Gasteiger partial charge < -0.3 is 9.88 Å². The van der Waals surface area contributed by atoms with Crippen LogP contribution in [0.5, 0.6) is 0 Å². The molecule has 0 radical (unpaired) electrons. The summed E-state index contributed by atoms with van der Waals surface area (Å²) in [6.45, 7) is 5.04. The van der Waals surface area contributed by atoms with Gasteiger partial charge in [0.1, 0.15) is 5.82 Å². The first-order chi connectivity index (χ1) is 15.0. The third kappa shape index (κ3) is 3.38. The number of aryl methyl sites for hydroxylation is 3. The Morgan fingerprint density at radius 1 is 1.13 bits per heavy atom. The molecular weight excluding hydrogens is 408 g/mol. The van der Waals surface area contributed by atoms with Gasteiger partial charge in [0, 0.05) is 20.1 Å². The number of pyridine rings is 1. The number of rotatable bonds is 5. The summed E-state index contributed by atoms with van der Waals surface area (Å²) in [4.78, 5) is 23.6. The van der Waals surface area contributed by atoms with Crippen molar-refractivity contribution in [1.82, 2.24) is 29.6 Å². The van der Waals surface area contributed by atoms with Gasteiger partial charge in [-0.15, -0.1) is 11.3 Å². The van der Waals surface area contributed by atoms with Crippen molar-refractivity contribution in [2.75, 3.05) is 6.54 Å². The number of carbonyl (C=O) groups is 1. The summed E-state index contributed by atoms with van der Waals surface area (Å²) in [6, 6.07) is 13.9. The fourth-order valence-electron chi connectivity index (χ4n) is 4.03. The molecule has 156 valence electrons. The van der Waals surface area contributed by atoms with Crippen molar-refractivity contribution in [3.05, 3.63) is 64.9 Å². The molecule has 4 heterocycles. The van der Waals surface area contributed by atoms with E-state index in [4.69, 9.17) is 4.98 Å². The predicted molar refractivity (Wildman–Crippen MR) is 123 cm³/mol. The Morgan fingerprint density at radius 3 is 2.77 bits per heavy atom. The normalized spacial score (nSPS) is 11.5. The minimum absolute atomic E-state index is 0.122. The summed E-state index contributed by atoms with van der Waals surface area (Å²) in [7, 11) is 1.86. The van der Waals surface area contributed by atoms with Gasteiger partial charge in [-0.3, -0.25) is 9.48 Å². The molecule has 5 rings (SSSR count). The quantitative estimate of drug-likeness (QED) is 0.456. The summed E-state index contributed by atoms with van der Waals surface area (Å²) in [5.41, 5.74) is 4.94. The fraction of sp³-hybridized carbons (Fsp3) is 0.217. The third-order valence-corrected chi connectivity index (χ3v) is 6.35. The summed E-state index contributed by atoms with van der Waals surface area (Å²) in [6.07, 6.45) is 0. The first-order valence-electron chi connectivity index (χ1n) is 10.1. The van der Waals surface area contributed by atoms with Crippen LogP contribution >= 0.6 is 11.3 Å². The molecule has 0 aliphatic carbocycles. The topological polar surface area (TPSA) is 77.6 Å². The fourth-order valence-corrected chi connectivity index (χ4v) is 4.72. The van der Waals surface area contributed by atoms with Gasteiger partial charge in [-0.05, 0) is 43.5 Å². The Bertz CT molecular complexity index is 1410. The minimum Gasteiger partial charge on any atom is -0.350 e. The number of hydrogen-bond donors (Lipinski definition) is 1. The molecule has 1 aromatic carbocycles. The molecule has 0 atom stereocenters. The number of nitrogens with zero attached hydrogens (tertiary/aromatic N) is 5. The number of thiophene rings is 1. The molecule has 1 amide bonds. The minimum atomic E-state index is -0.122. The lowest BCUT2D eigenvalue weighted by molar-refractivity contribution is 0.0954. The highest BCUT2D eigenvalue weighted by atomic mass is 32.1. The molecule has 31 heavy (non-hydrogen) atoms. The highest BCUT2D eigenvalue weighted by Gasteiger charge is 2.19. The molecule has 0 aliphatic rings. The molecule has 0 fully saturated rings. The molecule has 0 spiro atoms. The molecule has 0 saturated carbocycles. The van der Waals surface area contributed by atoms with Gasteiger partial charge in [-0.1, -0.05) is 18.2 Å². The SMILES string of the molecule is Cc1nn(C)c2nc(-c3cccs3)cc(C(=O)NCCn3c(C)nc4ccccc43)c12. The predicted octanol–water partition coefficient (Wildman–Crippen LogP) is 4.09. The average Bonchev–Trinajstić information content (AvgIpc) is 3.47. The first kappa shape index (κ1) is 19.4. The Kier molecular flexibility index (Phi) is 4.78. The number of benzene rings is 1. The van der Waals surface area contributed by atoms with E-state index in [-0.39, 0.29) is 5.91 Å². The van der Waals surface area contributed by atoms with Crippen LogP contribution in [0.15, 0.2) is 47.8 Å². The van der Waals surface area contributed by atoms with E-state index in [0.29, 0.717) is 24.3 Å². The van der Waals surface area contributed by atoms with E-state index in [1.807, 2.05) is 62.7 Å². The summed E-state index contributed by atoms with van der Waals surface area (Å²) in [5.74, 6) is 0.813. The lowest BCUT2D eigenvalue weighted by Gasteiger charge is -2.10. The molecule has 0 aliphatic heterocycles. The van der Waals surface area contributed by atoms with Gasteiger partial charge in [0.15, 0.2) is 5.65 Å². The molecular formula is C23H22N6OS. The molecule has 0 saturated heterocycles. The van der Waals surface area contributed by atoms with Crippen molar-refractivity contribution in [1.29, 1.82) is 0 Å². The van der Waals surface area contributed by atoms with Crippen LogP contribution in [0, 0.1) is 13.8 Å². The molecule has 0 bridgehead atoms. The van der Waals surface area contributed by atoms with Gasteiger partial charge in [0.2, 0.25) is 0 Å². The van der Waals surface area contributed by atoms with Crippen LogP contribution < -0.4 is 5.32 Å². The Morgan fingerprint density at radius 2 is 1.97 bits per heavy atom. The van der Waals surface area contributed by atoms with Crippen molar-refractivity contribution in [3.63, 3.8) is 0 Å². The maximum absolute atomic E-state index is 13.2. The van der Waals surface area contributed by atoms with Crippen LogP contribution in [0.3, 0.4) is 0 Å². The molecule has 8 heteroatoms. The van der Waals surface area contributed by atoms with E-state index in [1.54, 1.807) is 16.0 Å². The molecule has 5 aromatic rings. The van der Waals surface area contributed by atoms with E-state index in [9.17, 15) is 4.79 Å². The van der Waals surface area contributed by atoms with Crippen molar-refractivity contribution >= 4 is 39.3 Å². The zero-order chi connectivity index (χ0) is 21.5. The van der Waals surface area contributed by atoms with Crippen LogP contribution in [-0.4, -0.2) is 36.8 Å². The van der Waals surface area contributed by atoms with Gasteiger partial charge in [0.25, 0.3) is 5.91 Å². The van der Waals surface area contributed by atoms with E-state index < -0.39 is 0 Å². The zero-order valence-corrected chi connectivity index (χ0v) is 18.4. The second kappa shape index (κ2) is 7.63. The summed E-state index contributed by atoms with van der Waals surface area (Å²) in [5, 5.41) is 10.4. The summed E-state index contributed by atoms with van der Waals surface area (Å²) < 4.78 is 3.86. The van der Waals surface area contributed by atoms with E-state index in [2.05, 4.69) is 26.0 Å². The van der Waals surface area contributed by atoms with Crippen LogP contribution in [0.1, 0.15) is 21.9 Å². The van der Waals surface area contributed by atoms with E-state index in [0.717, 1.165) is 38.5 Å². The number of fused-ring (bicyclic) bond motifs is 2. The van der Waals surface area contributed by atoms with Crippen molar-refractivity contribution in [2.45, 2.75) is 20.4 Å². The number of carbonyl (C=O) groups excluding carboxylic acids is 1. The van der Waals surface area contributed by atoms with E-state index >= 15 is 0 Å². The standard InChI is InChI=1S/C23H22N6OS/c1-14-21-16(13-18(20-9-6-12-31-20)26-22(21)28(3)27-14)23(30)24-10-11-29-15(2)25-17-7-4-5-8-19(17)29/h4-9,12-13H,10-11H2,1-3H3,(H,24,30). The first-order valence-corrected chi connectivity index (χ1v) is 11.0. The molecule has 1 N–H and O–H groups in total. The van der Waals surface area contributed by atoms with Crippen LogP contribution in [0.4, 0.5) is 0 Å². The lowest BCUT2D eigenvalue weighted by Crippen LogP contribution is -2.27. The molecule has 7 nitrogen and oxygen atoms in total. The van der Waals surface area contributed by atoms with Gasteiger partial charge >= 0.3 is 0 Å². The lowest BCUT2D eigenvalue weighted by atomic mass is 10.1. The van der Waals surface area contributed by atoms with Crippen LogP contribution in [-0.2, 0) is 13.6 Å². The Hall–Kier alpha value is -3.52. The van der Waals surface area contributed by atoms with Crippen molar-refractivity contribution in [3.8, 4) is 10.6 Å². The smallest absolute Gasteiger partial charge is 0.252 e. The maximum atomic E-state index is 13.2. The van der Waals surface area contributed by atoms with E-state index in [1.165, 1.54) is 0 Å². The Balaban J connectivity index is 1.44. The monoisotopic (exact) mass is 430 g/mol. The van der Waals surface area contributed by atoms with Crippen LogP contribution in [0.25, 0.3) is 32.6 Å². The molecule has 0 unspecified atom stereocenters.